The second-order valence-electron chi connectivity index (χ2n) is 3.97. The molecule has 0 saturated heterocycles. The molecule has 2 aromatic rings. The van der Waals surface area contributed by atoms with E-state index in [9.17, 15) is 0 Å². The average Bonchev–Trinajstić information content (AvgIpc) is 3.07. The highest BCUT2D eigenvalue weighted by Crippen LogP contribution is 2.38. The summed E-state index contributed by atoms with van der Waals surface area (Å²) in [5, 5.41) is 13.3. The van der Waals surface area contributed by atoms with Gasteiger partial charge in [-0.05, 0) is 25.0 Å². The van der Waals surface area contributed by atoms with Crippen LogP contribution in [0.4, 0.5) is 0 Å². The first-order valence-electron chi connectivity index (χ1n) is 5.29. The third kappa shape index (κ3) is 1.57. The monoisotopic (exact) mass is 210 g/mol. The van der Waals surface area contributed by atoms with Gasteiger partial charge in [-0.2, -0.15) is 10.4 Å². The van der Waals surface area contributed by atoms with E-state index >= 15 is 0 Å². The van der Waals surface area contributed by atoms with Crippen LogP contribution in [0.3, 0.4) is 0 Å². The Morgan fingerprint density at radius 3 is 3.00 bits per heavy atom. The largest absolute Gasteiger partial charge is 0.237 e. The van der Waals surface area contributed by atoms with Crippen molar-refractivity contribution in [3.05, 3.63) is 41.9 Å². The van der Waals surface area contributed by atoms with Gasteiger partial charge in [0.05, 0.1) is 17.3 Å². The fraction of sp³-hybridized carbons (Fsp3) is 0.250. The van der Waals surface area contributed by atoms with Crippen molar-refractivity contribution in [2.45, 2.75) is 18.8 Å². The van der Waals surface area contributed by atoms with Gasteiger partial charge in [0.2, 0.25) is 0 Å². The molecule has 3 rings (SSSR count). The van der Waals surface area contributed by atoms with Crippen LogP contribution in [0.15, 0.2) is 30.6 Å². The lowest BCUT2D eigenvalue weighted by molar-refractivity contribution is 0.812. The van der Waals surface area contributed by atoms with Crippen molar-refractivity contribution in [1.82, 2.24) is 14.8 Å². The molecule has 0 spiro atoms. The first kappa shape index (κ1) is 9.10. The summed E-state index contributed by atoms with van der Waals surface area (Å²) in [7, 11) is 0. The minimum absolute atomic E-state index is 0.605. The maximum atomic E-state index is 8.80. The summed E-state index contributed by atoms with van der Waals surface area (Å²) in [5.41, 5.74) is 1.73. The van der Waals surface area contributed by atoms with Crippen molar-refractivity contribution in [3.8, 4) is 11.9 Å². The average molecular weight is 210 g/mol. The van der Waals surface area contributed by atoms with Crippen molar-refractivity contribution >= 4 is 0 Å². The highest BCUT2D eigenvalue weighted by atomic mass is 15.3. The van der Waals surface area contributed by atoms with Gasteiger partial charge in [-0.1, -0.05) is 0 Å². The zero-order chi connectivity index (χ0) is 11.0. The normalized spacial score (nSPS) is 14.7. The zero-order valence-corrected chi connectivity index (χ0v) is 8.67. The number of hydrogen-bond donors (Lipinski definition) is 0. The summed E-state index contributed by atoms with van der Waals surface area (Å²) < 4.78 is 1.73. The van der Waals surface area contributed by atoms with Gasteiger partial charge in [-0.25, -0.2) is 9.67 Å². The molecule has 16 heavy (non-hydrogen) atoms. The minimum Gasteiger partial charge on any atom is -0.237 e. The molecule has 1 saturated carbocycles. The molecule has 0 unspecified atom stereocenters. The van der Waals surface area contributed by atoms with Crippen molar-refractivity contribution in [2.24, 2.45) is 0 Å². The van der Waals surface area contributed by atoms with Crippen molar-refractivity contribution < 1.29 is 0 Å². The van der Waals surface area contributed by atoms with Gasteiger partial charge in [-0.3, -0.25) is 0 Å². The second kappa shape index (κ2) is 3.46. The Morgan fingerprint density at radius 1 is 1.38 bits per heavy atom. The number of pyridine rings is 1. The number of rotatable bonds is 2. The molecule has 1 aliphatic rings. The van der Waals surface area contributed by atoms with Crippen LogP contribution in [0.5, 0.6) is 0 Å². The highest BCUT2D eigenvalue weighted by Gasteiger charge is 2.25. The van der Waals surface area contributed by atoms with E-state index in [-0.39, 0.29) is 0 Å². The van der Waals surface area contributed by atoms with E-state index in [1.54, 1.807) is 23.0 Å². The Morgan fingerprint density at radius 2 is 2.25 bits per heavy atom. The van der Waals surface area contributed by atoms with E-state index in [1.807, 2.05) is 12.3 Å². The summed E-state index contributed by atoms with van der Waals surface area (Å²) in [5.74, 6) is 1.34. The first-order valence-corrected chi connectivity index (χ1v) is 5.29. The van der Waals surface area contributed by atoms with E-state index in [0.29, 0.717) is 17.3 Å². The van der Waals surface area contributed by atoms with Crippen LogP contribution in [0, 0.1) is 11.3 Å². The number of nitriles is 1. The van der Waals surface area contributed by atoms with Gasteiger partial charge in [0.25, 0.3) is 0 Å². The Labute approximate surface area is 93.2 Å². The van der Waals surface area contributed by atoms with Gasteiger partial charge in [0.1, 0.15) is 0 Å². The standard InChI is InChI=1S/C12H10N4/c13-8-9-3-5-14-12(7-9)16-6-4-11(15-16)10-1-2-10/h3-7,10H,1-2H2. The van der Waals surface area contributed by atoms with Crippen molar-refractivity contribution in [2.75, 3.05) is 0 Å². The van der Waals surface area contributed by atoms with Gasteiger partial charge in [-0.15, -0.1) is 0 Å². The SMILES string of the molecule is N#Cc1ccnc(-n2ccc(C3CC3)n2)c1. The van der Waals surface area contributed by atoms with Crippen LogP contribution in [-0.2, 0) is 0 Å². The summed E-state index contributed by atoms with van der Waals surface area (Å²) in [6, 6.07) is 7.55. The van der Waals surface area contributed by atoms with Crippen LogP contribution in [-0.4, -0.2) is 14.8 Å². The molecule has 0 amide bonds. The Hall–Kier alpha value is -2.15. The number of aromatic nitrogens is 3. The summed E-state index contributed by atoms with van der Waals surface area (Å²) in [6.45, 7) is 0. The quantitative estimate of drug-likeness (QED) is 0.761. The fourth-order valence-corrected chi connectivity index (χ4v) is 1.68. The van der Waals surface area contributed by atoms with Crippen LogP contribution in [0.1, 0.15) is 30.0 Å². The predicted molar refractivity (Wildman–Crippen MR) is 58.0 cm³/mol. The first-order chi connectivity index (χ1) is 7.86. The molecule has 78 valence electrons. The molecule has 0 radical (unpaired) electrons. The summed E-state index contributed by atoms with van der Waals surface area (Å²) in [4.78, 5) is 4.20. The topological polar surface area (TPSA) is 54.5 Å². The van der Waals surface area contributed by atoms with E-state index in [0.717, 1.165) is 5.69 Å². The van der Waals surface area contributed by atoms with Crippen LogP contribution < -0.4 is 0 Å². The van der Waals surface area contributed by atoms with Gasteiger partial charge in [0.15, 0.2) is 5.82 Å². The predicted octanol–water partition coefficient (Wildman–Crippen LogP) is 2.02. The molecule has 1 aliphatic carbocycles. The van der Waals surface area contributed by atoms with Crippen LogP contribution in [0.25, 0.3) is 5.82 Å². The van der Waals surface area contributed by atoms with Crippen LogP contribution in [0.2, 0.25) is 0 Å². The molecule has 0 atom stereocenters. The lowest BCUT2D eigenvalue weighted by atomic mass is 10.3. The fourth-order valence-electron chi connectivity index (χ4n) is 1.68. The molecule has 0 aliphatic heterocycles. The van der Waals surface area contributed by atoms with E-state index in [4.69, 9.17) is 5.26 Å². The maximum absolute atomic E-state index is 8.80. The third-order valence-corrected chi connectivity index (χ3v) is 2.71. The smallest absolute Gasteiger partial charge is 0.154 e. The van der Waals surface area contributed by atoms with Gasteiger partial charge in [0, 0.05) is 24.4 Å². The molecular formula is C12H10N4. The Bertz CT molecular complexity index is 560. The summed E-state index contributed by atoms with van der Waals surface area (Å²) in [6.07, 6.45) is 6.01. The lowest BCUT2D eigenvalue weighted by Crippen LogP contribution is -1.99. The molecule has 0 bridgehead atoms. The third-order valence-electron chi connectivity index (χ3n) is 2.71. The maximum Gasteiger partial charge on any atom is 0.154 e. The molecule has 0 aromatic carbocycles. The van der Waals surface area contributed by atoms with E-state index in [2.05, 4.69) is 16.2 Å². The van der Waals surface area contributed by atoms with Gasteiger partial charge < -0.3 is 0 Å². The van der Waals surface area contributed by atoms with Crippen molar-refractivity contribution in [3.63, 3.8) is 0 Å². The zero-order valence-electron chi connectivity index (χ0n) is 8.67. The van der Waals surface area contributed by atoms with Crippen LogP contribution >= 0.6 is 0 Å². The lowest BCUT2D eigenvalue weighted by Gasteiger charge is -1.99. The van der Waals surface area contributed by atoms with Crippen molar-refractivity contribution in [1.29, 1.82) is 5.26 Å². The molecule has 4 nitrogen and oxygen atoms in total. The van der Waals surface area contributed by atoms with E-state index in [1.165, 1.54) is 12.8 Å². The minimum atomic E-state index is 0.605. The molecular weight excluding hydrogens is 200 g/mol. The summed E-state index contributed by atoms with van der Waals surface area (Å²) >= 11 is 0. The Balaban J connectivity index is 1.97. The number of hydrogen-bond acceptors (Lipinski definition) is 3. The molecule has 2 heterocycles. The molecule has 2 aromatic heterocycles. The Kier molecular flexibility index (Phi) is 1.97. The molecule has 4 heteroatoms. The molecule has 1 fully saturated rings. The van der Waals surface area contributed by atoms with Gasteiger partial charge >= 0.3 is 0 Å². The molecule has 0 N–H and O–H groups in total. The highest BCUT2D eigenvalue weighted by molar-refractivity contribution is 5.35. The number of nitrogens with zero attached hydrogens (tertiary/aromatic N) is 4. The van der Waals surface area contributed by atoms with E-state index < -0.39 is 0 Å². The second-order valence-corrected chi connectivity index (χ2v) is 3.97.